The first-order valence-corrected chi connectivity index (χ1v) is 10.2. The maximum atomic E-state index is 13.2. The minimum atomic E-state index is -0.585. The third kappa shape index (κ3) is 3.53. The molecule has 0 bridgehead atoms. The number of fused-ring (bicyclic) bond motifs is 2. The number of benzene rings is 1. The molecule has 146 valence electrons. The van der Waals surface area contributed by atoms with Crippen molar-refractivity contribution in [3.63, 3.8) is 0 Å². The fourth-order valence-electron chi connectivity index (χ4n) is 3.82. The number of piperidine rings is 1. The zero-order valence-corrected chi connectivity index (χ0v) is 16.3. The Kier molecular flexibility index (Phi) is 5.15. The van der Waals surface area contributed by atoms with Gasteiger partial charge in [-0.1, -0.05) is 12.1 Å². The zero-order valence-electron chi connectivity index (χ0n) is 15.5. The highest BCUT2D eigenvalue weighted by atomic mass is 32.1. The molecule has 1 aromatic carbocycles. The van der Waals surface area contributed by atoms with E-state index in [1.807, 2.05) is 29.6 Å². The Bertz CT molecular complexity index is 912. The van der Waals surface area contributed by atoms with Gasteiger partial charge in [-0.15, -0.1) is 11.3 Å². The lowest BCUT2D eigenvalue weighted by molar-refractivity contribution is -0.124. The number of carbonyl (C=O) groups excluding carboxylic acids is 3. The van der Waals surface area contributed by atoms with E-state index in [4.69, 9.17) is 0 Å². The zero-order chi connectivity index (χ0) is 19.7. The first kappa shape index (κ1) is 18.6. The number of anilines is 1. The number of thiophene rings is 1. The minimum Gasteiger partial charge on any atom is -0.352 e. The second-order valence-electron chi connectivity index (χ2n) is 7.06. The second-order valence-corrected chi connectivity index (χ2v) is 8.01. The van der Waals surface area contributed by atoms with Crippen LogP contribution in [0.4, 0.5) is 5.69 Å². The molecular formula is C20H22N4O3S. The second kappa shape index (κ2) is 7.73. The Balaban J connectivity index is 1.58. The first-order chi connectivity index (χ1) is 13.6. The molecule has 2 aromatic rings. The van der Waals surface area contributed by atoms with Gasteiger partial charge in [-0.25, -0.2) is 0 Å². The Morgan fingerprint density at radius 1 is 1.32 bits per heavy atom. The molecule has 8 heteroatoms. The quantitative estimate of drug-likeness (QED) is 0.731. The van der Waals surface area contributed by atoms with Crippen LogP contribution >= 0.6 is 11.3 Å². The van der Waals surface area contributed by atoms with Gasteiger partial charge in [0.15, 0.2) is 0 Å². The molecule has 2 atom stereocenters. The van der Waals surface area contributed by atoms with Crippen LogP contribution in [-0.2, 0) is 9.59 Å². The van der Waals surface area contributed by atoms with Crippen LogP contribution in [-0.4, -0.2) is 54.8 Å². The standard InChI is InChI=1S/C20H22N4O3S/c1-21-11-18(25)22-13-6-7-24-16(10-13)19(26)23-15-5-4-12(9-14(15)20(24)27)17-3-2-8-28-17/h2-5,8-9,13,16,21H,6-7,10-11H2,1H3,(H,22,25)(H,23,26)/t13-,16-/m0/s1. The number of amides is 3. The molecule has 1 aromatic heterocycles. The molecular weight excluding hydrogens is 376 g/mol. The monoisotopic (exact) mass is 398 g/mol. The van der Waals surface area contributed by atoms with E-state index in [0.29, 0.717) is 30.6 Å². The van der Waals surface area contributed by atoms with Crippen LogP contribution < -0.4 is 16.0 Å². The fourth-order valence-corrected chi connectivity index (χ4v) is 4.55. The van der Waals surface area contributed by atoms with E-state index in [0.717, 1.165) is 10.4 Å². The topological polar surface area (TPSA) is 90.5 Å². The molecule has 1 fully saturated rings. The van der Waals surface area contributed by atoms with E-state index < -0.39 is 6.04 Å². The number of likely N-dealkylation sites (N-methyl/N-ethyl adjacent to an activating group) is 1. The average Bonchev–Trinajstić information content (AvgIpc) is 3.19. The van der Waals surface area contributed by atoms with E-state index in [9.17, 15) is 14.4 Å². The molecule has 7 nitrogen and oxygen atoms in total. The van der Waals surface area contributed by atoms with Crippen molar-refractivity contribution in [2.24, 2.45) is 0 Å². The van der Waals surface area contributed by atoms with E-state index in [1.165, 1.54) is 0 Å². The van der Waals surface area contributed by atoms with Crippen molar-refractivity contribution < 1.29 is 14.4 Å². The summed E-state index contributed by atoms with van der Waals surface area (Å²) >= 11 is 1.61. The lowest BCUT2D eigenvalue weighted by Gasteiger charge is -2.37. The number of hydrogen-bond donors (Lipinski definition) is 3. The molecule has 3 amide bonds. The lowest BCUT2D eigenvalue weighted by atomic mass is 9.96. The summed E-state index contributed by atoms with van der Waals surface area (Å²) in [6, 6.07) is 8.84. The van der Waals surface area contributed by atoms with Gasteiger partial charge in [0.25, 0.3) is 5.91 Å². The van der Waals surface area contributed by atoms with Gasteiger partial charge in [0.1, 0.15) is 6.04 Å². The molecule has 3 heterocycles. The SMILES string of the molecule is CNCC(=O)N[C@H]1CCN2C(=O)c3cc(-c4cccs4)ccc3NC(=O)[C@@H]2C1. The summed E-state index contributed by atoms with van der Waals surface area (Å²) in [7, 11) is 1.71. The van der Waals surface area contributed by atoms with E-state index in [2.05, 4.69) is 16.0 Å². The molecule has 0 radical (unpaired) electrons. The van der Waals surface area contributed by atoms with Gasteiger partial charge in [0, 0.05) is 17.5 Å². The van der Waals surface area contributed by atoms with E-state index in [1.54, 1.807) is 29.4 Å². The summed E-state index contributed by atoms with van der Waals surface area (Å²) in [5.74, 6) is -0.453. The van der Waals surface area contributed by atoms with Crippen LogP contribution in [0.15, 0.2) is 35.7 Å². The number of rotatable bonds is 4. The largest absolute Gasteiger partial charge is 0.352 e. The minimum absolute atomic E-state index is 0.106. The van der Waals surface area contributed by atoms with Crippen LogP contribution in [0.25, 0.3) is 10.4 Å². The molecule has 0 aliphatic carbocycles. The summed E-state index contributed by atoms with van der Waals surface area (Å²) in [6.07, 6.45) is 1.05. The highest BCUT2D eigenvalue weighted by Crippen LogP contribution is 2.33. The van der Waals surface area contributed by atoms with Crippen LogP contribution in [0.1, 0.15) is 23.2 Å². The third-order valence-electron chi connectivity index (χ3n) is 5.18. The Hall–Kier alpha value is -2.71. The number of nitrogens with zero attached hydrogens (tertiary/aromatic N) is 1. The average molecular weight is 398 g/mol. The Morgan fingerprint density at radius 2 is 2.18 bits per heavy atom. The van der Waals surface area contributed by atoms with Gasteiger partial charge < -0.3 is 20.9 Å². The number of hydrogen-bond acceptors (Lipinski definition) is 5. The van der Waals surface area contributed by atoms with Crippen molar-refractivity contribution in [1.29, 1.82) is 0 Å². The summed E-state index contributed by atoms with van der Waals surface area (Å²) in [5, 5.41) is 10.6. The van der Waals surface area contributed by atoms with Crippen molar-refractivity contribution in [1.82, 2.24) is 15.5 Å². The predicted molar refractivity (Wildman–Crippen MR) is 108 cm³/mol. The van der Waals surface area contributed by atoms with Crippen molar-refractivity contribution >= 4 is 34.7 Å². The summed E-state index contributed by atoms with van der Waals surface area (Å²) < 4.78 is 0. The van der Waals surface area contributed by atoms with Crippen LogP contribution in [0.5, 0.6) is 0 Å². The first-order valence-electron chi connectivity index (χ1n) is 9.30. The molecule has 0 unspecified atom stereocenters. The van der Waals surface area contributed by atoms with Crippen LogP contribution in [0, 0.1) is 0 Å². The van der Waals surface area contributed by atoms with Crippen LogP contribution in [0.2, 0.25) is 0 Å². The summed E-state index contributed by atoms with van der Waals surface area (Å²) in [4.78, 5) is 40.6. The maximum absolute atomic E-state index is 13.2. The molecule has 2 aliphatic rings. The van der Waals surface area contributed by atoms with Crippen molar-refractivity contribution in [3.8, 4) is 10.4 Å². The predicted octanol–water partition coefficient (Wildman–Crippen LogP) is 1.68. The van der Waals surface area contributed by atoms with Gasteiger partial charge in [0.2, 0.25) is 11.8 Å². The normalized spacial score (nSPS) is 21.4. The van der Waals surface area contributed by atoms with Gasteiger partial charge in [0.05, 0.1) is 17.8 Å². The van der Waals surface area contributed by atoms with E-state index in [-0.39, 0.29) is 30.3 Å². The summed E-state index contributed by atoms with van der Waals surface area (Å²) in [6.45, 7) is 0.664. The molecule has 28 heavy (non-hydrogen) atoms. The van der Waals surface area contributed by atoms with Crippen LogP contribution in [0.3, 0.4) is 0 Å². The molecule has 2 aliphatic heterocycles. The van der Waals surface area contributed by atoms with Gasteiger partial charge in [-0.05, 0) is 49.0 Å². The number of carbonyl (C=O) groups is 3. The van der Waals surface area contributed by atoms with Crippen molar-refractivity contribution in [2.45, 2.75) is 24.9 Å². The Labute approximate surface area is 167 Å². The highest BCUT2D eigenvalue weighted by Gasteiger charge is 2.40. The number of nitrogens with one attached hydrogen (secondary N) is 3. The Morgan fingerprint density at radius 3 is 2.93 bits per heavy atom. The van der Waals surface area contributed by atoms with Crippen molar-refractivity contribution in [2.75, 3.05) is 25.5 Å². The van der Waals surface area contributed by atoms with Gasteiger partial charge in [-0.2, -0.15) is 0 Å². The third-order valence-corrected chi connectivity index (χ3v) is 6.10. The molecule has 0 saturated carbocycles. The molecule has 3 N–H and O–H groups in total. The fraction of sp³-hybridized carbons (Fsp3) is 0.350. The molecule has 1 saturated heterocycles. The van der Waals surface area contributed by atoms with E-state index >= 15 is 0 Å². The molecule has 4 rings (SSSR count). The smallest absolute Gasteiger partial charge is 0.256 e. The van der Waals surface area contributed by atoms with Gasteiger partial charge in [-0.3, -0.25) is 14.4 Å². The van der Waals surface area contributed by atoms with Gasteiger partial charge >= 0.3 is 0 Å². The lowest BCUT2D eigenvalue weighted by Crippen LogP contribution is -2.55. The summed E-state index contributed by atoms with van der Waals surface area (Å²) in [5.41, 5.74) is 2.02. The highest BCUT2D eigenvalue weighted by molar-refractivity contribution is 7.13. The maximum Gasteiger partial charge on any atom is 0.256 e. The van der Waals surface area contributed by atoms with Crippen molar-refractivity contribution in [3.05, 3.63) is 41.3 Å². The molecule has 0 spiro atoms.